The van der Waals surface area contributed by atoms with Crippen molar-refractivity contribution in [1.29, 1.82) is 0 Å². The fraction of sp³-hybridized carbons (Fsp3) is 0.538. The van der Waals surface area contributed by atoms with Gasteiger partial charge in [0.2, 0.25) is 0 Å². The zero-order valence-corrected chi connectivity index (χ0v) is 12.0. The molecule has 1 aromatic carbocycles. The maximum atomic E-state index is 5.57. The van der Waals surface area contributed by atoms with E-state index in [0.29, 0.717) is 13.2 Å². The van der Waals surface area contributed by atoms with Crippen LogP contribution in [0, 0.1) is 0 Å². The van der Waals surface area contributed by atoms with Crippen molar-refractivity contribution in [2.75, 3.05) is 39.5 Å². The minimum absolute atomic E-state index is 0.533. The summed E-state index contributed by atoms with van der Waals surface area (Å²) < 4.78 is 12.0. The number of halogens is 1. The van der Waals surface area contributed by atoms with Gasteiger partial charge in [-0.2, -0.15) is 0 Å². The molecule has 1 aliphatic heterocycles. The summed E-state index contributed by atoms with van der Waals surface area (Å²) in [5.74, 6) is 0.873. The average Bonchev–Trinajstić information content (AvgIpc) is 2.37. The zero-order chi connectivity index (χ0) is 12.8. The number of nitrogens with two attached hydrogens (primary N) is 1. The molecule has 1 fully saturated rings. The van der Waals surface area contributed by atoms with E-state index in [1.165, 1.54) is 5.56 Å². The minimum atomic E-state index is 0.533. The molecule has 5 heteroatoms. The summed E-state index contributed by atoms with van der Waals surface area (Å²) in [6.07, 6.45) is 0. The molecule has 0 atom stereocenters. The van der Waals surface area contributed by atoms with E-state index >= 15 is 0 Å². The van der Waals surface area contributed by atoms with Gasteiger partial charge < -0.3 is 15.2 Å². The van der Waals surface area contributed by atoms with Crippen molar-refractivity contribution in [2.45, 2.75) is 6.54 Å². The van der Waals surface area contributed by atoms with Crippen molar-refractivity contribution in [2.24, 2.45) is 5.73 Å². The standard InChI is InChI=1S/C13H19BrN2O2/c14-12-7-11(8-13(9-12)18-4-1-15)10-16-2-5-17-6-3-16/h7-9H,1-6,10,15H2. The molecule has 1 heterocycles. The van der Waals surface area contributed by atoms with E-state index in [1.54, 1.807) is 0 Å². The maximum absolute atomic E-state index is 5.57. The highest BCUT2D eigenvalue weighted by atomic mass is 79.9. The summed E-state index contributed by atoms with van der Waals surface area (Å²) >= 11 is 3.52. The molecular formula is C13H19BrN2O2. The number of morpholine rings is 1. The zero-order valence-electron chi connectivity index (χ0n) is 10.4. The van der Waals surface area contributed by atoms with Crippen molar-refractivity contribution in [3.8, 4) is 5.75 Å². The molecule has 0 amide bonds. The lowest BCUT2D eigenvalue weighted by atomic mass is 10.2. The van der Waals surface area contributed by atoms with Gasteiger partial charge in [0.15, 0.2) is 0 Å². The number of hydrogen-bond acceptors (Lipinski definition) is 4. The lowest BCUT2D eigenvalue weighted by molar-refractivity contribution is 0.0341. The Morgan fingerprint density at radius 1 is 1.28 bits per heavy atom. The Balaban J connectivity index is 1.99. The number of nitrogens with zero attached hydrogens (tertiary/aromatic N) is 1. The third-order valence-electron chi connectivity index (χ3n) is 2.83. The third-order valence-corrected chi connectivity index (χ3v) is 3.29. The second-order valence-electron chi connectivity index (χ2n) is 4.32. The maximum Gasteiger partial charge on any atom is 0.120 e. The van der Waals surface area contributed by atoms with E-state index in [0.717, 1.165) is 43.1 Å². The Bertz CT molecular complexity index is 381. The monoisotopic (exact) mass is 314 g/mol. The summed E-state index contributed by atoms with van der Waals surface area (Å²) in [6.45, 7) is 5.65. The van der Waals surface area contributed by atoms with Crippen LogP contribution in [-0.4, -0.2) is 44.4 Å². The van der Waals surface area contributed by atoms with E-state index in [9.17, 15) is 0 Å². The van der Waals surface area contributed by atoms with Crippen LogP contribution < -0.4 is 10.5 Å². The molecule has 0 aromatic heterocycles. The lowest BCUT2D eigenvalue weighted by Gasteiger charge is -2.26. The molecule has 1 saturated heterocycles. The third kappa shape index (κ3) is 4.24. The highest BCUT2D eigenvalue weighted by Crippen LogP contribution is 2.22. The highest BCUT2D eigenvalue weighted by molar-refractivity contribution is 9.10. The van der Waals surface area contributed by atoms with Crippen LogP contribution in [0.25, 0.3) is 0 Å². The van der Waals surface area contributed by atoms with Crippen molar-refractivity contribution in [3.05, 3.63) is 28.2 Å². The first-order chi connectivity index (χ1) is 8.78. The van der Waals surface area contributed by atoms with Crippen LogP contribution in [0.2, 0.25) is 0 Å². The van der Waals surface area contributed by atoms with Crippen molar-refractivity contribution in [1.82, 2.24) is 4.90 Å². The van der Waals surface area contributed by atoms with Gasteiger partial charge in [-0.1, -0.05) is 15.9 Å². The predicted octanol–water partition coefficient (Wildman–Crippen LogP) is 1.62. The van der Waals surface area contributed by atoms with Gasteiger partial charge in [0.1, 0.15) is 12.4 Å². The number of hydrogen-bond donors (Lipinski definition) is 1. The molecule has 0 radical (unpaired) electrons. The molecule has 2 N–H and O–H groups in total. The van der Waals surface area contributed by atoms with Crippen LogP contribution in [0.4, 0.5) is 0 Å². The summed E-state index contributed by atoms with van der Waals surface area (Å²) in [7, 11) is 0. The molecule has 100 valence electrons. The normalized spacial score (nSPS) is 16.8. The minimum Gasteiger partial charge on any atom is -0.492 e. The Morgan fingerprint density at radius 3 is 2.78 bits per heavy atom. The van der Waals surface area contributed by atoms with Crippen molar-refractivity contribution in [3.63, 3.8) is 0 Å². The number of rotatable bonds is 5. The van der Waals surface area contributed by atoms with Crippen LogP contribution in [0.5, 0.6) is 5.75 Å². The largest absolute Gasteiger partial charge is 0.492 e. The van der Waals surface area contributed by atoms with Gasteiger partial charge in [-0.05, 0) is 23.8 Å². The molecule has 0 saturated carbocycles. The quantitative estimate of drug-likeness (QED) is 0.897. The predicted molar refractivity (Wildman–Crippen MR) is 74.8 cm³/mol. The molecule has 4 nitrogen and oxygen atoms in total. The average molecular weight is 315 g/mol. The van der Waals surface area contributed by atoms with Gasteiger partial charge in [0, 0.05) is 30.7 Å². The van der Waals surface area contributed by atoms with Crippen LogP contribution in [-0.2, 0) is 11.3 Å². The second-order valence-corrected chi connectivity index (χ2v) is 5.24. The van der Waals surface area contributed by atoms with Crippen LogP contribution in [0.15, 0.2) is 22.7 Å². The van der Waals surface area contributed by atoms with Crippen molar-refractivity contribution >= 4 is 15.9 Å². The Labute approximate surface area is 116 Å². The second kappa shape index (κ2) is 7.09. The van der Waals surface area contributed by atoms with Gasteiger partial charge in [-0.15, -0.1) is 0 Å². The van der Waals surface area contributed by atoms with E-state index in [4.69, 9.17) is 15.2 Å². The fourth-order valence-corrected chi connectivity index (χ4v) is 2.51. The molecule has 18 heavy (non-hydrogen) atoms. The summed E-state index contributed by atoms with van der Waals surface area (Å²) in [5, 5.41) is 0. The van der Waals surface area contributed by atoms with Gasteiger partial charge in [0.25, 0.3) is 0 Å². The summed E-state index contributed by atoms with van der Waals surface area (Å²) in [5.41, 5.74) is 6.69. The smallest absolute Gasteiger partial charge is 0.120 e. The molecule has 0 spiro atoms. The SMILES string of the molecule is NCCOc1cc(Br)cc(CN2CCOCC2)c1. The van der Waals surface area contributed by atoms with E-state index in [-0.39, 0.29) is 0 Å². The molecule has 1 aromatic rings. The molecule has 1 aliphatic rings. The Hall–Kier alpha value is -0.620. The topological polar surface area (TPSA) is 47.7 Å². The highest BCUT2D eigenvalue weighted by Gasteiger charge is 2.11. The Morgan fingerprint density at radius 2 is 2.06 bits per heavy atom. The first kappa shape index (κ1) is 13.8. The van der Waals surface area contributed by atoms with Gasteiger partial charge in [-0.3, -0.25) is 4.90 Å². The molecule has 0 bridgehead atoms. The molecule has 0 unspecified atom stereocenters. The van der Waals surface area contributed by atoms with Crippen LogP contribution >= 0.6 is 15.9 Å². The number of benzene rings is 1. The van der Waals surface area contributed by atoms with Gasteiger partial charge >= 0.3 is 0 Å². The number of ether oxygens (including phenoxy) is 2. The lowest BCUT2D eigenvalue weighted by Crippen LogP contribution is -2.35. The fourth-order valence-electron chi connectivity index (χ4n) is 1.99. The molecular weight excluding hydrogens is 296 g/mol. The van der Waals surface area contributed by atoms with Crippen LogP contribution in [0.3, 0.4) is 0 Å². The first-order valence-corrected chi connectivity index (χ1v) is 6.99. The summed E-state index contributed by atoms with van der Waals surface area (Å²) in [6, 6.07) is 6.18. The van der Waals surface area contributed by atoms with Gasteiger partial charge in [-0.25, -0.2) is 0 Å². The van der Waals surface area contributed by atoms with Crippen LogP contribution in [0.1, 0.15) is 5.56 Å². The summed E-state index contributed by atoms with van der Waals surface area (Å²) in [4.78, 5) is 2.39. The molecule has 0 aliphatic carbocycles. The van der Waals surface area contributed by atoms with E-state index in [2.05, 4.69) is 33.0 Å². The first-order valence-electron chi connectivity index (χ1n) is 6.20. The van der Waals surface area contributed by atoms with Crippen molar-refractivity contribution < 1.29 is 9.47 Å². The Kier molecular flexibility index (Phi) is 5.44. The van der Waals surface area contributed by atoms with E-state index in [1.807, 2.05) is 6.07 Å². The molecule has 2 rings (SSSR count). The van der Waals surface area contributed by atoms with E-state index < -0.39 is 0 Å². The van der Waals surface area contributed by atoms with Gasteiger partial charge in [0.05, 0.1) is 13.2 Å².